The van der Waals surface area contributed by atoms with Crippen molar-refractivity contribution in [1.29, 1.82) is 0 Å². The van der Waals surface area contributed by atoms with Crippen molar-refractivity contribution in [3.63, 3.8) is 0 Å². The largest absolute Gasteiger partial charge is 0.395 e. The third kappa shape index (κ3) is 3.94. The van der Waals surface area contributed by atoms with Crippen LogP contribution in [0, 0.1) is 5.92 Å². The predicted octanol–water partition coefficient (Wildman–Crippen LogP) is 1.40. The van der Waals surface area contributed by atoms with Gasteiger partial charge in [0, 0.05) is 25.3 Å². The summed E-state index contributed by atoms with van der Waals surface area (Å²) in [6, 6.07) is 0.181. The standard InChI is InChI=1S/C12H23N3O/c1-4-15-9-13-6-12(15)7-14-11(8-16)5-10(2)3/h6,9-11,14,16H,4-5,7-8H2,1-3H3. The van der Waals surface area contributed by atoms with Crippen LogP contribution in [0.3, 0.4) is 0 Å². The number of nitrogens with zero attached hydrogens (tertiary/aromatic N) is 2. The fourth-order valence-electron chi connectivity index (χ4n) is 1.82. The number of aliphatic hydroxyl groups is 1. The molecule has 1 rings (SSSR count). The van der Waals surface area contributed by atoms with Crippen LogP contribution < -0.4 is 5.32 Å². The van der Waals surface area contributed by atoms with Crippen molar-refractivity contribution in [1.82, 2.24) is 14.9 Å². The van der Waals surface area contributed by atoms with E-state index in [1.54, 1.807) is 0 Å². The minimum Gasteiger partial charge on any atom is -0.395 e. The van der Waals surface area contributed by atoms with Crippen LogP contribution in [-0.4, -0.2) is 27.3 Å². The number of aromatic nitrogens is 2. The molecule has 4 heteroatoms. The second-order valence-corrected chi connectivity index (χ2v) is 4.56. The molecule has 0 aliphatic rings. The van der Waals surface area contributed by atoms with Crippen molar-refractivity contribution in [3.05, 3.63) is 18.2 Å². The van der Waals surface area contributed by atoms with Crippen molar-refractivity contribution in [2.45, 2.75) is 46.3 Å². The molecule has 92 valence electrons. The smallest absolute Gasteiger partial charge is 0.0948 e. The van der Waals surface area contributed by atoms with Crippen molar-refractivity contribution >= 4 is 0 Å². The molecule has 2 N–H and O–H groups in total. The molecule has 4 nitrogen and oxygen atoms in total. The predicted molar refractivity (Wildman–Crippen MR) is 65.1 cm³/mol. The first-order valence-electron chi connectivity index (χ1n) is 6.00. The number of nitrogens with one attached hydrogen (secondary N) is 1. The third-order valence-electron chi connectivity index (χ3n) is 2.69. The Bertz CT molecular complexity index is 296. The Morgan fingerprint density at radius 2 is 2.25 bits per heavy atom. The van der Waals surface area contributed by atoms with Crippen LogP contribution >= 0.6 is 0 Å². The van der Waals surface area contributed by atoms with Crippen molar-refractivity contribution in [3.8, 4) is 0 Å². The highest BCUT2D eigenvalue weighted by Gasteiger charge is 2.10. The van der Waals surface area contributed by atoms with E-state index in [0.29, 0.717) is 5.92 Å². The zero-order chi connectivity index (χ0) is 12.0. The zero-order valence-corrected chi connectivity index (χ0v) is 10.5. The number of hydrogen-bond acceptors (Lipinski definition) is 3. The Morgan fingerprint density at radius 1 is 1.50 bits per heavy atom. The van der Waals surface area contributed by atoms with E-state index in [9.17, 15) is 5.11 Å². The Kier molecular flexibility index (Phi) is 5.49. The molecule has 1 unspecified atom stereocenters. The highest BCUT2D eigenvalue weighted by Crippen LogP contribution is 2.06. The fraction of sp³-hybridized carbons (Fsp3) is 0.750. The maximum atomic E-state index is 9.25. The molecule has 0 spiro atoms. The molecule has 0 aromatic carbocycles. The highest BCUT2D eigenvalue weighted by molar-refractivity contribution is 4.98. The molecule has 1 atom stereocenters. The third-order valence-corrected chi connectivity index (χ3v) is 2.69. The van der Waals surface area contributed by atoms with E-state index in [4.69, 9.17) is 0 Å². The molecule has 1 heterocycles. The molecule has 0 saturated heterocycles. The summed E-state index contributed by atoms with van der Waals surface area (Å²) in [6.45, 7) is 8.33. The van der Waals surface area contributed by atoms with Gasteiger partial charge in [0.2, 0.25) is 0 Å². The molecule has 0 amide bonds. The number of aliphatic hydroxyl groups excluding tert-OH is 1. The monoisotopic (exact) mass is 225 g/mol. The van der Waals surface area contributed by atoms with Crippen molar-refractivity contribution in [2.24, 2.45) is 5.92 Å². The number of aryl methyl sites for hydroxylation is 1. The van der Waals surface area contributed by atoms with Crippen LogP contribution in [0.5, 0.6) is 0 Å². The van der Waals surface area contributed by atoms with Gasteiger partial charge in [0.25, 0.3) is 0 Å². The van der Waals surface area contributed by atoms with Gasteiger partial charge in [0.15, 0.2) is 0 Å². The molecular formula is C12H23N3O. The van der Waals surface area contributed by atoms with Crippen LogP contribution in [-0.2, 0) is 13.1 Å². The first-order chi connectivity index (χ1) is 7.67. The summed E-state index contributed by atoms with van der Waals surface area (Å²) in [7, 11) is 0. The highest BCUT2D eigenvalue weighted by atomic mass is 16.3. The van der Waals surface area contributed by atoms with Crippen LogP contribution in [0.15, 0.2) is 12.5 Å². The summed E-state index contributed by atoms with van der Waals surface area (Å²) in [6.07, 6.45) is 4.71. The molecular weight excluding hydrogens is 202 g/mol. The summed E-state index contributed by atoms with van der Waals surface area (Å²) < 4.78 is 2.11. The van der Waals surface area contributed by atoms with Crippen LogP contribution in [0.2, 0.25) is 0 Å². The van der Waals surface area contributed by atoms with Gasteiger partial charge in [-0.15, -0.1) is 0 Å². The first-order valence-corrected chi connectivity index (χ1v) is 6.00. The average Bonchev–Trinajstić information content (AvgIpc) is 2.70. The number of hydrogen-bond donors (Lipinski definition) is 2. The van der Waals surface area contributed by atoms with Gasteiger partial charge in [-0.05, 0) is 19.3 Å². The molecule has 1 aromatic heterocycles. The molecule has 0 fully saturated rings. The van der Waals surface area contributed by atoms with E-state index in [-0.39, 0.29) is 12.6 Å². The van der Waals surface area contributed by atoms with E-state index < -0.39 is 0 Å². The number of rotatable bonds is 7. The summed E-state index contributed by atoms with van der Waals surface area (Å²) in [4.78, 5) is 4.12. The van der Waals surface area contributed by atoms with Gasteiger partial charge in [-0.1, -0.05) is 13.8 Å². The molecule has 1 aromatic rings. The van der Waals surface area contributed by atoms with Gasteiger partial charge in [-0.25, -0.2) is 4.98 Å². The van der Waals surface area contributed by atoms with Gasteiger partial charge >= 0.3 is 0 Å². The first kappa shape index (κ1) is 13.2. The Balaban J connectivity index is 2.43. The lowest BCUT2D eigenvalue weighted by molar-refractivity contribution is 0.223. The van der Waals surface area contributed by atoms with E-state index in [1.807, 2.05) is 12.5 Å². The molecule has 16 heavy (non-hydrogen) atoms. The normalized spacial score (nSPS) is 13.3. The second-order valence-electron chi connectivity index (χ2n) is 4.56. The van der Waals surface area contributed by atoms with E-state index in [1.165, 1.54) is 5.69 Å². The minimum atomic E-state index is 0.181. The summed E-state index contributed by atoms with van der Waals surface area (Å²) in [5.41, 5.74) is 1.17. The lowest BCUT2D eigenvalue weighted by atomic mass is 10.0. The fourth-order valence-corrected chi connectivity index (χ4v) is 1.82. The molecule has 0 saturated carbocycles. The van der Waals surface area contributed by atoms with Crippen molar-refractivity contribution in [2.75, 3.05) is 6.61 Å². The molecule has 0 bridgehead atoms. The van der Waals surface area contributed by atoms with E-state index in [0.717, 1.165) is 19.5 Å². The summed E-state index contributed by atoms with van der Waals surface area (Å²) in [5.74, 6) is 0.598. The van der Waals surface area contributed by atoms with Gasteiger partial charge < -0.3 is 15.0 Å². The average molecular weight is 225 g/mol. The zero-order valence-electron chi connectivity index (χ0n) is 10.5. The molecule has 0 radical (unpaired) electrons. The topological polar surface area (TPSA) is 50.1 Å². The van der Waals surface area contributed by atoms with E-state index in [2.05, 4.69) is 35.6 Å². The van der Waals surface area contributed by atoms with Crippen LogP contribution in [0.25, 0.3) is 0 Å². The lowest BCUT2D eigenvalue weighted by Gasteiger charge is -2.18. The Hall–Kier alpha value is -0.870. The Morgan fingerprint density at radius 3 is 2.81 bits per heavy atom. The maximum absolute atomic E-state index is 9.25. The van der Waals surface area contributed by atoms with Crippen LogP contribution in [0.1, 0.15) is 32.9 Å². The van der Waals surface area contributed by atoms with Gasteiger partial charge in [-0.3, -0.25) is 0 Å². The summed E-state index contributed by atoms with van der Waals surface area (Å²) >= 11 is 0. The van der Waals surface area contributed by atoms with Gasteiger partial charge in [-0.2, -0.15) is 0 Å². The van der Waals surface area contributed by atoms with Crippen LogP contribution in [0.4, 0.5) is 0 Å². The molecule has 0 aliphatic carbocycles. The molecule has 0 aliphatic heterocycles. The second kappa shape index (κ2) is 6.66. The van der Waals surface area contributed by atoms with Crippen molar-refractivity contribution < 1.29 is 5.11 Å². The summed E-state index contributed by atoms with van der Waals surface area (Å²) in [5, 5.41) is 12.6. The SMILES string of the molecule is CCn1cncc1CNC(CO)CC(C)C. The lowest BCUT2D eigenvalue weighted by Crippen LogP contribution is -2.33. The quantitative estimate of drug-likeness (QED) is 0.737. The van der Waals surface area contributed by atoms with Gasteiger partial charge in [0.05, 0.1) is 18.6 Å². The maximum Gasteiger partial charge on any atom is 0.0948 e. The van der Waals surface area contributed by atoms with E-state index >= 15 is 0 Å². The number of imidazole rings is 1. The Labute approximate surface area is 97.7 Å². The minimum absolute atomic E-state index is 0.181. The van der Waals surface area contributed by atoms with Gasteiger partial charge in [0.1, 0.15) is 0 Å².